The minimum absolute atomic E-state index is 0.471. The molecule has 1 unspecified atom stereocenters. The lowest BCUT2D eigenvalue weighted by Gasteiger charge is -2.13. The van der Waals surface area contributed by atoms with Gasteiger partial charge in [-0.3, -0.25) is 0 Å². The highest BCUT2D eigenvalue weighted by Crippen LogP contribution is 2.23. The normalized spacial score (nSPS) is 12.3. The summed E-state index contributed by atoms with van der Waals surface area (Å²) in [4.78, 5) is 10.8. The number of fused-ring (bicyclic) bond motifs is 1. The molecule has 2 aromatic carbocycles. The highest BCUT2D eigenvalue weighted by molar-refractivity contribution is 14.1. The van der Waals surface area contributed by atoms with Crippen molar-refractivity contribution in [2.45, 2.75) is 6.29 Å². The maximum atomic E-state index is 10.8. The molecule has 0 heterocycles. The van der Waals surface area contributed by atoms with Crippen LogP contribution in [0.15, 0.2) is 36.4 Å². The summed E-state index contributed by atoms with van der Waals surface area (Å²) in [5.41, 5.74) is 0. The fraction of sp³-hybridized carbons (Fsp3) is 0.154. The SMILES string of the molecule is COC(Oc1ccc2ccc(I)cc2c1)C(=O)O. The molecular formula is C13H11IO4. The Hall–Kier alpha value is -1.34. The summed E-state index contributed by atoms with van der Waals surface area (Å²) in [6, 6.07) is 11.4. The molecule has 5 heteroatoms. The van der Waals surface area contributed by atoms with Crippen molar-refractivity contribution < 1.29 is 19.4 Å². The monoisotopic (exact) mass is 358 g/mol. The van der Waals surface area contributed by atoms with Gasteiger partial charge in [-0.25, -0.2) is 4.79 Å². The lowest BCUT2D eigenvalue weighted by molar-refractivity contribution is -0.166. The van der Waals surface area contributed by atoms with Gasteiger partial charge < -0.3 is 14.6 Å². The molecule has 0 saturated carbocycles. The number of ether oxygens (including phenoxy) is 2. The maximum Gasteiger partial charge on any atom is 0.373 e. The van der Waals surface area contributed by atoms with Crippen molar-refractivity contribution in [2.24, 2.45) is 0 Å². The number of rotatable bonds is 4. The average molecular weight is 358 g/mol. The smallest absolute Gasteiger partial charge is 0.373 e. The first-order chi connectivity index (χ1) is 8.60. The van der Waals surface area contributed by atoms with Gasteiger partial charge >= 0.3 is 5.97 Å². The minimum atomic E-state index is -1.29. The van der Waals surface area contributed by atoms with Crippen LogP contribution in [0.3, 0.4) is 0 Å². The van der Waals surface area contributed by atoms with Gasteiger partial charge in [-0.15, -0.1) is 0 Å². The van der Waals surface area contributed by atoms with Crippen LogP contribution in [0.1, 0.15) is 0 Å². The second-order valence-corrected chi connectivity index (χ2v) is 4.92. The lowest BCUT2D eigenvalue weighted by atomic mass is 10.1. The van der Waals surface area contributed by atoms with Crippen molar-refractivity contribution in [3.63, 3.8) is 0 Å². The summed E-state index contributed by atoms with van der Waals surface area (Å²) in [5.74, 6) is -0.681. The van der Waals surface area contributed by atoms with E-state index in [4.69, 9.17) is 14.6 Å². The Morgan fingerprint density at radius 3 is 2.61 bits per heavy atom. The van der Waals surface area contributed by atoms with E-state index in [1.54, 1.807) is 12.1 Å². The molecule has 0 saturated heterocycles. The topological polar surface area (TPSA) is 55.8 Å². The summed E-state index contributed by atoms with van der Waals surface area (Å²) in [5, 5.41) is 10.9. The van der Waals surface area contributed by atoms with Crippen LogP contribution in [0.5, 0.6) is 5.75 Å². The van der Waals surface area contributed by atoms with E-state index >= 15 is 0 Å². The molecule has 94 valence electrons. The fourth-order valence-corrected chi connectivity index (χ4v) is 2.11. The molecule has 0 radical (unpaired) electrons. The van der Waals surface area contributed by atoms with Crippen molar-refractivity contribution in [2.75, 3.05) is 7.11 Å². The largest absolute Gasteiger partial charge is 0.477 e. The van der Waals surface area contributed by atoms with Crippen LogP contribution in [0.4, 0.5) is 0 Å². The van der Waals surface area contributed by atoms with Gasteiger partial charge in [-0.1, -0.05) is 12.1 Å². The summed E-state index contributed by atoms with van der Waals surface area (Å²) in [6.45, 7) is 0. The predicted octanol–water partition coefficient (Wildman–Crippen LogP) is 2.88. The molecular weight excluding hydrogens is 347 g/mol. The summed E-state index contributed by atoms with van der Waals surface area (Å²) in [7, 11) is 1.29. The number of hydrogen-bond acceptors (Lipinski definition) is 3. The number of carbonyl (C=O) groups is 1. The molecule has 0 spiro atoms. The Bertz CT molecular complexity index is 582. The molecule has 0 aromatic heterocycles. The molecule has 4 nitrogen and oxygen atoms in total. The first-order valence-corrected chi connectivity index (χ1v) is 6.29. The molecule has 2 rings (SSSR count). The fourth-order valence-electron chi connectivity index (χ4n) is 1.59. The minimum Gasteiger partial charge on any atom is -0.477 e. The van der Waals surface area contributed by atoms with Crippen molar-refractivity contribution in [3.05, 3.63) is 40.0 Å². The van der Waals surface area contributed by atoms with E-state index in [-0.39, 0.29) is 0 Å². The summed E-state index contributed by atoms with van der Waals surface area (Å²) >= 11 is 2.22. The quantitative estimate of drug-likeness (QED) is 0.675. The third-order valence-electron chi connectivity index (χ3n) is 2.43. The van der Waals surface area contributed by atoms with E-state index in [2.05, 4.69) is 22.6 Å². The molecule has 18 heavy (non-hydrogen) atoms. The Kier molecular flexibility index (Phi) is 4.03. The van der Waals surface area contributed by atoms with Gasteiger partial charge in [0.05, 0.1) is 0 Å². The van der Waals surface area contributed by atoms with Gasteiger partial charge in [0.2, 0.25) is 0 Å². The van der Waals surface area contributed by atoms with Gasteiger partial charge in [0.1, 0.15) is 5.75 Å². The van der Waals surface area contributed by atoms with E-state index in [1.165, 1.54) is 7.11 Å². The number of benzene rings is 2. The Balaban J connectivity index is 2.31. The molecule has 0 aliphatic heterocycles. The van der Waals surface area contributed by atoms with Crippen LogP contribution in [0.2, 0.25) is 0 Å². The average Bonchev–Trinajstić information content (AvgIpc) is 2.35. The Morgan fingerprint density at radius 2 is 1.94 bits per heavy atom. The second kappa shape index (κ2) is 5.53. The molecule has 0 aliphatic carbocycles. The number of halogens is 1. The van der Waals surface area contributed by atoms with Crippen LogP contribution >= 0.6 is 22.6 Å². The van der Waals surface area contributed by atoms with Gasteiger partial charge in [-0.05, 0) is 57.6 Å². The molecule has 0 fully saturated rings. The first-order valence-electron chi connectivity index (χ1n) is 5.22. The molecule has 1 N–H and O–H groups in total. The van der Waals surface area contributed by atoms with Crippen LogP contribution in [-0.2, 0) is 9.53 Å². The number of carboxylic acids is 1. The van der Waals surface area contributed by atoms with Crippen LogP contribution < -0.4 is 4.74 Å². The van der Waals surface area contributed by atoms with Crippen molar-refractivity contribution in [3.8, 4) is 5.75 Å². The summed E-state index contributed by atoms with van der Waals surface area (Å²) in [6.07, 6.45) is -1.29. The van der Waals surface area contributed by atoms with E-state index in [9.17, 15) is 4.79 Å². The number of methoxy groups -OCH3 is 1. The van der Waals surface area contributed by atoms with E-state index in [0.717, 1.165) is 14.3 Å². The van der Waals surface area contributed by atoms with Crippen LogP contribution in [0, 0.1) is 3.57 Å². The molecule has 1 atom stereocenters. The molecule has 0 aliphatic rings. The zero-order chi connectivity index (χ0) is 13.1. The van der Waals surface area contributed by atoms with Crippen molar-refractivity contribution in [1.29, 1.82) is 0 Å². The Labute approximate surface area is 118 Å². The predicted molar refractivity (Wildman–Crippen MR) is 75.7 cm³/mol. The third-order valence-corrected chi connectivity index (χ3v) is 3.10. The maximum absolute atomic E-state index is 10.8. The standard InChI is InChI=1S/C13H11IO4/c1-17-13(12(15)16)18-11-5-3-8-2-4-10(14)6-9(8)7-11/h2-7,13H,1H3,(H,15,16). The second-order valence-electron chi connectivity index (χ2n) is 3.68. The number of hydrogen-bond donors (Lipinski definition) is 1. The lowest BCUT2D eigenvalue weighted by Crippen LogP contribution is -2.28. The zero-order valence-electron chi connectivity index (χ0n) is 9.59. The summed E-state index contributed by atoms with van der Waals surface area (Å²) < 4.78 is 11.1. The van der Waals surface area contributed by atoms with Gasteiger partial charge in [-0.2, -0.15) is 0 Å². The van der Waals surface area contributed by atoms with Gasteiger partial charge in [0.25, 0.3) is 6.29 Å². The third kappa shape index (κ3) is 2.91. The Morgan fingerprint density at radius 1 is 1.22 bits per heavy atom. The van der Waals surface area contributed by atoms with Crippen molar-refractivity contribution >= 4 is 39.3 Å². The number of aliphatic carboxylic acids is 1. The highest BCUT2D eigenvalue weighted by atomic mass is 127. The van der Waals surface area contributed by atoms with Gasteiger partial charge in [0.15, 0.2) is 0 Å². The van der Waals surface area contributed by atoms with E-state index in [1.807, 2.05) is 24.3 Å². The molecule has 0 bridgehead atoms. The van der Waals surface area contributed by atoms with Crippen molar-refractivity contribution in [1.82, 2.24) is 0 Å². The molecule has 2 aromatic rings. The zero-order valence-corrected chi connectivity index (χ0v) is 11.7. The van der Waals surface area contributed by atoms with E-state index < -0.39 is 12.3 Å². The number of carboxylic acid groups (broad SMARTS) is 1. The van der Waals surface area contributed by atoms with E-state index in [0.29, 0.717) is 5.75 Å². The van der Waals surface area contributed by atoms with Crippen LogP contribution in [0.25, 0.3) is 10.8 Å². The molecule has 0 amide bonds. The van der Waals surface area contributed by atoms with Crippen LogP contribution in [-0.4, -0.2) is 24.5 Å². The highest BCUT2D eigenvalue weighted by Gasteiger charge is 2.18. The van der Waals surface area contributed by atoms with Gasteiger partial charge in [0, 0.05) is 10.7 Å². The first kappa shape index (κ1) is 13.1.